The molecular weight excluding hydrogens is 464 g/mol. The van der Waals surface area contributed by atoms with E-state index in [9.17, 15) is 27.2 Å². The third kappa shape index (κ3) is 5.50. The third-order valence-electron chi connectivity index (χ3n) is 7.36. The topological polar surface area (TPSA) is 49.9 Å². The average Bonchev–Trinajstić information content (AvgIpc) is 2.84. The molecule has 2 aromatic carbocycles. The number of rotatable bonds is 4. The van der Waals surface area contributed by atoms with Gasteiger partial charge in [0.05, 0.1) is 6.54 Å². The minimum Gasteiger partial charge on any atom is -0.453 e. The second-order valence-electron chi connectivity index (χ2n) is 9.42. The Morgan fingerprint density at radius 2 is 1.66 bits per heavy atom. The molecule has 2 aromatic rings. The minimum atomic E-state index is -5.11. The number of likely N-dealkylation sites (tertiary alicyclic amines) is 2. The molecule has 1 amide bonds. The number of benzene rings is 2. The number of esters is 1. The van der Waals surface area contributed by atoms with Gasteiger partial charge in [-0.25, -0.2) is 9.18 Å². The van der Waals surface area contributed by atoms with E-state index in [1.807, 2.05) is 6.07 Å². The van der Waals surface area contributed by atoms with Gasteiger partial charge in [0.25, 0.3) is 5.91 Å². The van der Waals surface area contributed by atoms with Gasteiger partial charge in [0.15, 0.2) is 0 Å². The van der Waals surface area contributed by atoms with Crippen molar-refractivity contribution in [2.24, 2.45) is 5.41 Å². The molecule has 2 aliphatic heterocycles. The zero-order chi connectivity index (χ0) is 25.2. The summed E-state index contributed by atoms with van der Waals surface area (Å²) in [7, 11) is 0. The van der Waals surface area contributed by atoms with Gasteiger partial charge in [-0.1, -0.05) is 30.3 Å². The highest BCUT2D eigenvalue weighted by molar-refractivity contribution is 5.94. The normalized spacial score (nSPS) is 20.6. The highest BCUT2D eigenvalue weighted by Crippen LogP contribution is 2.44. The molecule has 188 valence electrons. The van der Waals surface area contributed by atoms with Crippen LogP contribution >= 0.6 is 0 Å². The van der Waals surface area contributed by atoms with Crippen LogP contribution in [-0.2, 0) is 16.1 Å². The summed E-state index contributed by atoms with van der Waals surface area (Å²) in [5.74, 6) is -2.80. The maximum absolute atomic E-state index is 13.9. The highest BCUT2D eigenvalue weighted by Gasteiger charge is 2.51. The number of nitrogens with zero attached hydrogens (tertiary/aromatic N) is 2. The predicted octanol–water partition coefficient (Wildman–Crippen LogP) is 4.74. The van der Waals surface area contributed by atoms with Crippen molar-refractivity contribution < 1.29 is 31.9 Å². The second kappa shape index (κ2) is 9.97. The molecular formula is C26H28F4N2O3. The molecule has 0 saturated carbocycles. The Bertz CT molecular complexity index is 1070. The van der Waals surface area contributed by atoms with Crippen LogP contribution < -0.4 is 0 Å². The lowest BCUT2D eigenvalue weighted by atomic mass is 9.69. The second-order valence-corrected chi connectivity index (χ2v) is 9.42. The van der Waals surface area contributed by atoms with E-state index in [4.69, 9.17) is 4.74 Å². The van der Waals surface area contributed by atoms with Gasteiger partial charge in [-0.05, 0) is 68.6 Å². The lowest BCUT2D eigenvalue weighted by Crippen LogP contribution is -2.58. The number of carbonyl (C=O) groups excluding carboxylic acids is 2. The Labute approximate surface area is 201 Å². The van der Waals surface area contributed by atoms with Crippen molar-refractivity contribution >= 4 is 11.9 Å². The molecule has 0 bridgehead atoms. The zero-order valence-electron chi connectivity index (χ0n) is 19.5. The molecule has 2 heterocycles. The number of ether oxygens (including phenoxy) is 1. The Kier molecular flexibility index (Phi) is 7.17. The number of piperidine rings is 2. The molecule has 0 radical (unpaired) electrons. The van der Waals surface area contributed by atoms with Crippen LogP contribution in [0.15, 0.2) is 48.5 Å². The SMILES string of the molecule is Cc1c(F)cccc1CN1CCC2(CC1)CCN(C(=O)c1ccccc1)CC2OC(=O)C(F)(F)F. The summed E-state index contributed by atoms with van der Waals surface area (Å²) in [6.07, 6.45) is -4.69. The summed E-state index contributed by atoms with van der Waals surface area (Å²) in [6.45, 7) is 3.69. The Hall–Kier alpha value is -2.94. The van der Waals surface area contributed by atoms with Crippen LogP contribution in [0.25, 0.3) is 0 Å². The van der Waals surface area contributed by atoms with Crippen molar-refractivity contribution in [1.82, 2.24) is 9.80 Å². The number of hydrogen-bond donors (Lipinski definition) is 0. The first-order valence-corrected chi connectivity index (χ1v) is 11.7. The van der Waals surface area contributed by atoms with Crippen molar-refractivity contribution in [3.8, 4) is 0 Å². The largest absolute Gasteiger partial charge is 0.490 e. The maximum Gasteiger partial charge on any atom is 0.490 e. The first-order chi connectivity index (χ1) is 16.6. The van der Waals surface area contributed by atoms with Crippen LogP contribution in [0.1, 0.15) is 40.7 Å². The van der Waals surface area contributed by atoms with Crippen molar-refractivity contribution in [3.63, 3.8) is 0 Å². The summed E-state index contributed by atoms with van der Waals surface area (Å²) >= 11 is 0. The summed E-state index contributed by atoms with van der Waals surface area (Å²) in [6, 6.07) is 13.4. The van der Waals surface area contributed by atoms with Gasteiger partial charge in [-0.15, -0.1) is 0 Å². The number of amides is 1. The molecule has 9 heteroatoms. The summed E-state index contributed by atoms with van der Waals surface area (Å²) in [4.78, 5) is 28.3. The van der Waals surface area contributed by atoms with Gasteiger partial charge in [0.2, 0.25) is 0 Å². The molecule has 0 N–H and O–H groups in total. The molecule has 5 nitrogen and oxygen atoms in total. The van der Waals surface area contributed by atoms with Crippen molar-refractivity contribution in [2.75, 3.05) is 26.2 Å². The fourth-order valence-electron chi connectivity index (χ4n) is 5.10. The number of hydrogen-bond acceptors (Lipinski definition) is 4. The standard InChI is InChI=1S/C26H28F4N2O3/c1-18-20(8-5-9-21(18)27)16-31-13-10-25(11-14-31)12-15-32(23(33)19-6-3-2-4-7-19)17-22(25)35-24(34)26(28,29)30/h2-9,22H,10-17H2,1H3. The first-order valence-electron chi connectivity index (χ1n) is 11.7. The van der Waals surface area contributed by atoms with E-state index in [1.165, 1.54) is 11.0 Å². The zero-order valence-corrected chi connectivity index (χ0v) is 19.5. The number of halogens is 4. The van der Waals surface area contributed by atoms with Crippen LogP contribution in [-0.4, -0.2) is 60.1 Å². The molecule has 0 aliphatic carbocycles. The van der Waals surface area contributed by atoms with E-state index < -0.39 is 23.7 Å². The van der Waals surface area contributed by atoms with Gasteiger partial charge >= 0.3 is 12.1 Å². The molecule has 35 heavy (non-hydrogen) atoms. The molecule has 0 aromatic heterocycles. The Balaban J connectivity index is 1.49. The quantitative estimate of drug-likeness (QED) is 0.457. The van der Waals surface area contributed by atoms with E-state index >= 15 is 0 Å². The summed E-state index contributed by atoms with van der Waals surface area (Å²) < 4.78 is 58.1. The molecule has 1 spiro atoms. The Morgan fingerprint density at radius 3 is 2.31 bits per heavy atom. The molecule has 1 atom stereocenters. The fraction of sp³-hybridized carbons (Fsp3) is 0.462. The maximum atomic E-state index is 13.9. The number of alkyl halides is 3. The van der Waals surface area contributed by atoms with Crippen molar-refractivity contribution in [2.45, 2.75) is 45.0 Å². The average molecular weight is 493 g/mol. The molecule has 2 aliphatic rings. The van der Waals surface area contributed by atoms with Crippen LogP contribution in [0.2, 0.25) is 0 Å². The minimum absolute atomic E-state index is 0.0848. The van der Waals surface area contributed by atoms with E-state index in [0.29, 0.717) is 56.6 Å². The summed E-state index contributed by atoms with van der Waals surface area (Å²) in [5, 5.41) is 0. The van der Waals surface area contributed by atoms with Crippen LogP contribution in [0.4, 0.5) is 17.6 Å². The van der Waals surface area contributed by atoms with E-state index in [-0.39, 0.29) is 18.3 Å². The van der Waals surface area contributed by atoms with Crippen LogP contribution in [0, 0.1) is 18.2 Å². The van der Waals surface area contributed by atoms with E-state index in [2.05, 4.69) is 4.90 Å². The van der Waals surface area contributed by atoms with Gasteiger partial charge in [0, 0.05) is 24.1 Å². The van der Waals surface area contributed by atoms with Crippen molar-refractivity contribution in [3.05, 3.63) is 71.0 Å². The first kappa shape index (κ1) is 25.2. The highest BCUT2D eigenvalue weighted by atomic mass is 19.4. The van der Waals surface area contributed by atoms with Gasteiger partial charge < -0.3 is 9.64 Å². The van der Waals surface area contributed by atoms with Gasteiger partial charge in [0.1, 0.15) is 11.9 Å². The van der Waals surface area contributed by atoms with Gasteiger partial charge in [-0.3, -0.25) is 9.69 Å². The summed E-state index contributed by atoms with van der Waals surface area (Å²) in [5.41, 5.74) is 1.23. The Morgan fingerprint density at radius 1 is 1.00 bits per heavy atom. The number of carbonyl (C=O) groups is 2. The fourth-order valence-corrected chi connectivity index (χ4v) is 5.10. The van der Waals surface area contributed by atoms with E-state index in [0.717, 1.165) is 5.56 Å². The molecule has 2 fully saturated rings. The molecule has 1 unspecified atom stereocenters. The molecule has 2 saturated heterocycles. The van der Waals surface area contributed by atoms with E-state index in [1.54, 1.807) is 43.3 Å². The predicted molar refractivity (Wildman–Crippen MR) is 121 cm³/mol. The van der Waals surface area contributed by atoms with Gasteiger partial charge in [-0.2, -0.15) is 13.2 Å². The van der Waals surface area contributed by atoms with Crippen molar-refractivity contribution in [1.29, 1.82) is 0 Å². The molecule has 4 rings (SSSR count). The third-order valence-corrected chi connectivity index (χ3v) is 7.36. The smallest absolute Gasteiger partial charge is 0.453 e. The lowest BCUT2D eigenvalue weighted by Gasteiger charge is -2.51. The van der Waals surface area contributed by atoms with Crippen LogP contribution in [0.3, 0.4) is 0 Å². The lowest BCUT2D eigenvalue weighted by molar-refractivity contribution is -0.216. The monoisotopic (exact) mass is 492 g/mol. The van der Waals surface area contributed by atoms with Crippen LogP contribution in [0.5, 0.6) is 0 Å².